The molecule has 9 heteroatoms. The molecule has 0 spiro atoms. The zero-order valence-electron chi connectivity index (χ0n) is 12.9. The van der Waals surface area contributed by atoms with Crippen LogP contribution in [0.1, 0.15) is 5.56 Å². The molecule has 0 saturated carbocycles. The number of hydrogen-bond donors (Lipinski definition) is 1. The Balaban J connectivity index is 1.64. The van der Waals surface area contributed by atoms with Gasteiger partial charge in [0.15, 0.2) is 9.84 Å². The van der Waals surface area contributed by atoms with Crippen LogP contribution < -0.4 is 5.32 Å². The lowest BCUT2D eigenvalue weighted by Crippen LogP contribution is -2.43. The largest absolute Gasteiger partial charge is 0.347 e. The van der Waals surface area contributed by atoms with Crippen LogP contribution in [0.5, 0.6) is 0 Å². The lowest BCUT2D eigenvalue weighted by atomic mass is 10.2. The molecule has 2 aliphatic heterocycles. The number of nitrogens with zero attached hydrogens (tertiary/aromatic N) is 1. The number of nitrogens with one attached hydrogen (secondary N) is 1. The number of amides is 2. The zero-order chi connectivity index (χ0) is 18.0. The van der Waals surface area contributed by atoms with Gasteiger partial charge in [-0.05, 0) is 17.7 Å². The summed E-state index contributed by atoms with van der Waals surface area (Å²) in [6.07, 6.45) is 3.15. The van der Waals surface area contributed by atoms with E-state index in [0.717, 1.165) is 22.7 Å². The third-order valence-electron chi connectivity index (χ3n) is 3.55. The molecule has 0 aliphatic carbocycles. The molecule has 1 N–H and O–H groups in total. The summed E-state index contributed by atoms with van der Waals surface area (Å²) in [5.74, 6) is -0.946. The van der Waals surface area contributed by atoms with Gasteiger partial charge in [0, 0.05) is 5.41 Å². The van der Waals surface area contributed by atoms with Gasteiger partial charge in [-0.3, -0.25) is 14.5 Å². The molecule has 0 radical (unpaired) electrons. The molecule has 25 heavy (non-hydrogen) atoms. The van der Waals surface area contributed by atoms with Crippen LogP contribution in [0.4, 0.5) is 0 Å². The second-order valence-electron chi connectivity index (χ2n) is 5.51. The number of carbonyl (C=O) groups is 2. The lowest BCUT2D eigenvalue weighted by molar-refractivity contribution is -0.128. The molecule has 0 aromatic heterocycles. The minimum Gasteiger partial charge on any atom is -0.347 e. The average molecular weight is 394 g/mol. The SMILES string of the molecule is O=C(CN1C(=O)C(=Cc2ccccc2)SC1=S)NC1C=CS(=O)(=O)C1. The predicted molar refractivity (Wildman–Crippen MR) is 101 cm³/mol. The van der Waals surface area contributed by atoms with Crippen LogP contribution in [0.2, 0.25) is 0 Å². The second-order valence-corrected chi connectivity index (χ2v) is 9.12. The smallest absolute Gasteiger partial charge is 0.266 e. The van der Waals surface area contributed by atoms with E-state index in [0.29, 0.717) is 9.23 Å². The highest BCUT2D eigenvalue weighted by Crippen LogP contribution is 2.32. The molecular formula is C16H14N2O4S3. The summed E-state index contributed by atoms with van der Waals surface area (Å²) in [4.78, 5) is 26.2. The monoisotopic (exact) mass is 394 g/mol. The van der Waals surface area contributed by atoms with E-state index in [4.69, 9.17) is 12.2 Å². The summed E-state index contributed by atoms with van der Waals surface area (Å²) < 4.78 is 23.0. The molecule has 1 saturated heterocycles. The van der Waals surface area contributed by atoms with E-state index in [1.54, 1.807) is 6.08 Å². The average Bonchev–Trinajstić information content (AvgIpc) is 3.02. The fourth-order valence-corrected chi connectivity index (χ4v) is 4.89. The molecule has 1 fully saturated rings. The van der Waals surface area contributed by atoms with Crippen molar-refractivity contribution in [2.75, 3.05) is 12.3 Å². The molecule has 3 rings (SSSR count). The summed E-state index contributed by atoms with van der Waals surface area (Å²) in [5, 5.41) is 3.66. The van der Waals surface area contributed by atoms with Gasteiger partial charge in [0.2, 0.25) is 5.91 Å². The molecule has 1 aromatic rings. The molecule has 1 unspecified atom stereocenters. The number of thiocarbonyl (C=S) groups is 1. The van der Waals surface area contributed by atoms with Crippen LogP contribution in [0.15, 0.2) is 46.7 Å². The number of benzene rings is 1. The maximum Gasteiger partial charge on any atom is 0.266 e. The van der Waals surface area contributed by atoms with E-state index >= 15 is 0 Å². The van der Waals surface area contributed by atoms with Crippen LogP contribution in [0, 0.1) is 0 Å². The Morgan fingerprint density at radius 2 is 2.08 bits per heavy atom. The summed E-state index contributed by atoms with van der Waals surface area (Å²) >= 11 is 6.33. The zero-order valence-corrected chi connectivity index (χ0v) is 15.4. The van der Waals surface area contributed by atoms with E-state index < -0.39 is 21.8 Å². The number of rotatable bonds is 4. The van der Waals surface area contributed by atoms with E-state index in [1.807, 2.05) is 30.3 Å². The minimum atomic E-state index is -3.25. The van der Waals surface area contributed by atoms with Crippen LogP contribution in [0.25, 0.3) is 6.08 Å². The summed E-state index contributed by atoms with van der Waals surface area (Å²) in [6, 6.07) is 8.77. The van der Waals surface area contributed by atoms with Gasteiger partial charge in [0.25, 0.3) is 5.91 Å². The van der Waals surface area contributed by atoms with Gasteiger partial charge in [-0.1, -0.05) is 54.3 Å². The fourth-order valence-electron chi connectivity index (χ4n) is 2.40. The van der Waals surface area contributed by atoms with Gasteiger partial charge < -0.3 is 5.32 Å². The van der Waals surface area contributed by atoms with Crippen LogP contribution >= 0.6 is 24.0 Å². The molecule has 130 valence electrons. The van der Waals surface area contributed by atoms with Crippen molar-refractivity contribution in [3.05, 3.63) is 52.3 Å². The highest BCUT2D eigenvalue weighted by Gasteiger charge is 2.34. The number of thioether (sulfide) groups is 1. The first kappa shape index (κ1) is 17.8. The second kappa shape index (κ2) is 7.11. The molecule has 0 bridgehead atoms. The minimum absolute atomic E-state index is 0.162. The van der Waals surface area contributed by atoms with Crippen molar-refractivity contribution in [2.24, 2.45) is 0 Å². The van der Waals surface area contributed by atoms with Gasteiger partial charge in [-0.2, -0.15) is 0 Å². The first-order chi connectivity index (χ1) is 11.8. The van der Waals surface area contributed by atoms with Crippen molar-refractivity contribution < 1.29 is 18.0 Å². The van der Waals surface area contributed by atoms with Gasteiger partial charge in [0.1, 0.15) is 10.9 Å². The molecule has 2 amide bonds. The maximum atomic E-state index is 12.5. The first-order valence-corrected chi connectivity index (χ1v) is 10.3. The maximum absolute atomic E-state index is 12.5. The third kappa shape index (κ3) is 4.36. The fraction of sp³-hybridized carbons (Fsp3) is 0.188. The van der Waals surface area contributed by atoms with Gasteiger partial charge in [-0.25, -0.2) is 8.42 Å². The summed E-state index contributed by atoms with van der Waals surface area (Å²) in [7, 11) is -3.25. The Bertz CT molecular complexity index is 891. The summed E-state index contributed by atoms with van der Waals surface area (Å²) in [6.45, 7) is -0.235. The normalized spacial score (nSPS) is 23.4. The van der Waals surface area contributed by atoms with Gasteiger partial charge in [0.05, 0.1) is 16.7 Å². The van der Waals surface area contributed by atoms with Crippen LogP contribution in [-0.4, -0.2) is 47.8 Å². The molecular weight excluding hydrogens is 380 g/mol. The predicted octanol–water partition coefficient (Wildman–Crippen LogP) is 1.31. The number of carbonyl (C=O) groups excluding carboxylic acids is 2. The van der Waals surface area contributed by atoms with Crippen LogP contribution in [-0.2, 0) is 19.4 Å². The quantitative estimate of drug-likeness (QED) is 0.613. The van der Waals surface area contributed by atoms with E-state index in [9.17, 15) is 18.0 Å². The molecule has 6 nitrogen and oxygen atoms in total. The number of hydrogen-bond acceptors (Lipinski definition) is 6. The van der Waals surface area contributed by atoms with Crippen molar-refractivity contribution >= 4 is 56.0 Å². The van der Waals surface area contributed by atoms with E-state index in [2.05, 4.69) is 5.32 Å². The Labute approximate surface area is 154 Å². The van der Waals surface area contributed by atoms with Crippen molar-refractivity contribution in [3.8, 4) is 0 Å². The van der Waals surface area contributed by atoms with Crippen molar-refractivity contribution in [1.29, 1.82) is 0 Å². The highest BCUT2D eigenvalue weighted by atomic mass is 32.2. The van der Waals surface area contributed by atoms with Crippen molar-refractivity contribution in [2.45, 2.75) is 6.04 Å². The number of sulfone groups is 1. The standard InChI is InChI=1S/C16H14N2O4S3/c19-14(17-12-6-7-25(21,22)10-12)9-18-15(20)13(24-16(18)23)8-11-4-2-1-3-5-11/h1-8,12H,9-10H2,(H,17,19). The Hall–Kier alpha value is -1.97. The molecule has 1 atom stereocenters. The molecule has 1 aromatic carbocycles. The van der Waals surface area contributed by atoms with Crippen molar-refractivity contribution in [3.63, 3.8) is 0 Å². The molecule has 2 heterocycles. The lowest BCUT2D eigenvalue weighted by Gasteiger charge is -2.16. The first-order valence-electron chi connectivity index (χ1n) is 7.35. The third-order valence-corrected chi connectivity index (χ3v) is 6.32. The van der Waals surface area contributed by atoms with Gasteiger partial charge in [-0.15, -0.1) is 0 Å². The summed E-state index contributed by atoms with van der Waals surface area (Å²) in [5.41, 5.74) is 0.869. The topological polar surface area (TPSA) is 83.6 Å². The Kier molecular flexibility index (Phi) is 5.07. The van der Waals surface area contributed by atoms with E-state index in [1.165, 1.54) is 11.0 Å². The molecule has 2 aliphatic rings. The van der Waals surface area contributed by atoms with Crippen LogP contribution in [0.3, 0.4) is 0 Å². The van der Waals surface area contributed by atoms with Crippen molar-refractivity contribution in [1.82, 2.24) is 10.2 Å². The highest BCUT2D eigenvalue weighted by molar-refractivity contribution is 8.26. The van der Waals surface area contributed by atoms with Gasteiger partial charge >= 0.3 is 0 Å². The Morgan fingerprint density at radius 1 is 1.36 bits per heavy atom. The van der Waals surface area contributed by atoms with E-state index in [-0.39, 0.29) is 18.2 Å². The Morgan fingerprint density at radius 3 is 2.72 bits per heavy atom.